The molecule has 150 valence electrons. The van der Waals surface area contributed by atoms with Crippen LogP contribution in [0.25, 0.3) is 11.0 Å². The number of pyridine rings is 1. The lowest BCUT2D eigenvalue weighted by Gasteiger charge is -2.16. The number of fused-ring (bicyclic) bond motifs is 1. The van der Waals surface area contributed by atoms with E-state index in [1.165, 1.54) is 12.1 Å². The number of para-hydroxylation sites is 1. The van der Waals surface area contributed by atoms with E-state index < -0.39 is 5.82 Å². The zero-order valence-corrected chi connectivity index (χ0v) is 16.3. The lowest BCUT2D eigenvalue weighted by atomic mass is 10.2. The van der Waals surface area contributed by atoms with E-state index in [0.717, 1.165) is 24.6 Å². The van der Waals surface area contributed by atoms with Crippen molar-refractivity contribution < 1.29 is 13.9 Å². The molecule has 1 aliphatic rings. The molecule has 2 aromatic heterocycles. The molecule has 3 aromatic rings. The van der Waals surface area contributed by atoms with Gasteiger partial charge in [0.15, 0.2) is 10.8 Å². The summed E-state index contributed by atoms with van der Waals surface area (Å²) in [4.78, 5) is 33.9. The van der Waals surface area contributed by atoms with Crippen molar-refractivity contribution in [3.63, 3.8) is 0 Å². The highest BCUT2D eigenvalue weighted by Gasteiger charge is 2.21. The van der Waals surface area contributed by atoms with Crippen LogP contribution < -0.4 is 10.9 Å². The highest BCUT2D eigenvalue weighted by Crippen LogP contribution is 2.21. The van der Waals surface area contributed by atoms with Crippen molar-refractivity contribution in [3.05, 3.63) is 58.8 Å². The van der Waals surface area contributed by atoms with Crippen molar-refractivity contribution >= 4 is 34.4 Å². The van der Waals surface area contributed by atoms with Gasteiger partial charge >= 0.3 is 0 Å². The van der Waals surface area contributed by atoms with Gasteiger partial charge in [-0.2, -0.15) is 0 Å². The Balaban J connectivity index is 1.57. The Bertz CT molecular complexity index is 1100. The van der Waals surface area contributed by atoms with E-state index in [0.29, 0.717) is 29.3 Å². The molecule has 9 heteroatoms. The highest BCUT2D eigenvalue weighted by atomic mass is 32.2. The minimum absolute atomic E-state index is 0.0232. The van der Waals surface area contributed by atoms with Crippen molar-refractivity contribution in [2.24, 2.45) is 0 Å². The van der Waals surface area contributed by atoms with E-state index in [-0.39, 0.29) is 29.0 Å². The number of ether oxygens (including phenoxy) is 1. The molecule has 7 nitrogen and oxygen atoms in total. The Hall–Kier alpha value is -2.78. The van der Waals surface area contributed by atoms with Crippen molar-refractivity contribution in [1.82, 2.24) is 14.5 Å². The van der Waals surface area contributed by atoms with Crippen LogP contribution in [0, 0.1) is 5.82 Å². The van der Waals surface area contributed by atoms with Gasteiger partial charge in [-0.15, -0.1) is 0 Å². The maximum Gasteiger partial charge on any atom is 0.263 e. The van der Waals surface area contributed by atoms with E-state index in [1.807, 2.05) is 0 Å². The predicted molar refractivity (Wildman–Crippen MR) is 109 cm³/mol. The van der Waals surface area contributed by atoms with Gasteiger partial charge in [0.05, 0.1) is 29.5 Å². The first-order valence-electron chi connectivity index (χ1n) is 9.26. The van der Waals surface area contributed by atoms with Gasteiger partial charge in [0.2, 0.25) is 5.91 Å². The molecule has 1 atom stereocenters. The molecule has 3 heterocycles. The van der Waals surface area contributed by atoms with E-state index in [2.05, 4.69) is 15.3 Å². The number of carbonyl (C=O) groups excluding carboxylic acids is 1. The number of amides is 1. The number of carbonyl (C=O) groups is 1. The molecule has 29 heavy (non-hydrogen) atoms. The van der Waals surface area contributed by atoms with Crippen LogP contribution >= 0.6 is 11.8 Å². The van der Waals surface area contributed by atoms with Crippen LogP contribution in [0.15, 0.2) is 52.5 Å². The van der Waals surface area contributed by atoms with E-state index in [9.17, 15) is 14.0 Å². The van der Waals surface area contributed by atoms with Gasteiger partial charge < -0.3 is 10.1 Å². The highest BCUT2D eigenvalue weighted by molar-refractivity contribution is 7.99. The van der Waals surface area contributed by atoms with Gasteiger partial charge in [0.1, 0.15) is 5.82 Å². The molecule has 4 rings (SSSR count). The maximum atomic E-state index is 13.7. The van der Waals surface area contributed by atoms with Crippen LogP contribution in [0.3, 0.4) is 0 Å². The zero-order chi connectivity index (χ0) is 20.2. The number of hydrogen-bond donors (Lipinski definition) is 1. The average molecular weight is 414 g/mol. The molecular weight excluding hydrogens is 395 g/mol. The van der Waals surface area contributed by atoms with Crippen molar-refractivity contribution in [2.75, 3.05) is 17.7 Å². The fraction of sp³-hybridized carbons (Fsp3) is 0.300. The largest absolute Gasteiger partial charge is 0.376 e. The molecule has 0 bridgehead atoms. The first kappa shape index (κ1) is 19.5. The van der Waals surface area contributed by atoms with Crippen LogP contribution in [0.1, 0.15) is 12.8 Å². The molecule has 0 radical (unpaired) electrons. The normalized spacial score (nSPS) is 16.2. The fourth-order valence-corrected chi connectivity index (χ4v) is 3.98. The summed E-state index contributed by atoms with van der Waals surface area (Å²) in [7, 11) is 0. The third-order valence-corrected chi connectivity index (χ3v) is 5.56. The quantitative estimate of drug-likeness (QED) is 0.493. The first-order chi connectivity index (χ1) is 14.1. The molecule has 1 amide bonds. The molecule has 0 unspecified atom stereocenters. The van der Waals surface area contributed by atoms with Crippen LogP contribution in [0.5, 0.6) is 0 Å². The molecule has 0 aliphatic carbocycles. The number of anilines is 1. The standard InChI is InChI=1S/C20H19FN4O3S/c21-15-7-1-2-8-16(15)23-17(26)12-29-20-24-18-14(6-3-9-22-18)19(27)25(20)11-13-5-4-10-28-13/h1-3,6-9,13H,4-5,10-12H2,(H,23,26)/t13-/m1/s1. The van der Waals surface area contributed by atoms with Gasteiger partial charge in [-0.05, 0) is 37.1 Å². The number of rotatable bonds is 6. The SMILES string of the molecule is O=C(CSc1nc2ncccc2c(=O)n1C[C@H]1CCCO1)Nc1ccccc1F. The Kier molecular flexibility index (Phi) is 5.86. The number of thioether (sulfide) groups is 1. The monoisotopic (exact) mass is 414 g/mol. The Morgan fingerprint density at radius 1 is 1.31 bits per heavy atom. The van der Waals surface area contributed by atoms with Crippen LogP contribution in [-0.4, -0.2) is 38.9 Å². The van der Waals surface area contributed by atoms with E-state index in [1.54, 1.807) is 35.0 Å². The number of halogens is 1. The Labute approximate surface area is 170 Å². The summed E-state index contributed by atoms with van der Waals surface area (Å²) in [6, 6.07) is 9.33. The summed E-state index contributed by atoms with van der Waals surface area (Å²) >= 11 is 1.11. The molecule has 1 saturated heterocycles. The molecule has 0 saturated carbocycles. The van der Waals surface area contributed by atoms with Crippen LogP contribution in [0.2, 0.25) is 0 Å². The van der Waals surface area contributed by atoms with E-state index in [4.69, 9.17) is 4.74 Å². The predicted octanol–water partition coefficient (Wildman–Crippen LogP) is 2.84. The average Bonchev–Trinajstić information content (AvgIpc) is 3.24. The molecule has 1 fully saturated rings. The second-order valence-corrected chi connectivity index (χ2v) is 7.58. The summed E-state index contributed by atoms with van der Waals surface area (Å²) < 4.78 is 20.9. The third-order valence-electron chi connectivity index (χ3n) is 4.59. The zero-order valence-electron chi connectivity index (χ0n) is 15.5. The van der Waals surface area contributed by atoms with Crippen LogP contribution in [0.4, 0.5) is 10.1 Å². The van der Waals surface area contributed by atoms with Crippen molar-refractivity contribution in [2.45, 2.75) is 30.6 Å². The second kappa shape index (κ2) is 8.71. The molecule has 0 spiro atoms. The minimum atomic E-state index is -0.505. The van der Waals surface area contributed by atoms with Gasteiger partial charge in [0.25, 0.3) is 5.56 Å². The number of nitrogens with zero attached hydrogens (tertiary/aromatic N) is 3. The smallest absolute Gasteiger partial charge is 0.263 e. The van der Waals surface area contributed by atoms with E-state index >= 15 is 0 Å². The summed E-state index contributed by atoms with van der Waals surface area (Å²) in [6.07, 6.45) is 3.33. The molecular formula is C20H19FN4O3S. The lowest BCUT2D eigenvalue weighted by Crippen LogP contribution is -2.29. The summed E-state index contributed by atoms with van der Waals surface area (Å²) in [5, 5.41) is 3.35. The summed E-state index contributed by atoms with van der Waals surface area (Å²) in [5.41, 5.74) is 0.233. The van der Waals surface area contributed by atoms with Gasteiger partial charge in [-0.25, -0.2) is 14.4 Å². The molecule has 1 aromatic carbocycles. The van der Waals surface area contributed by atoms with Crippen LogP contribution in [-0.2, 0) is 16.1 Å². The Morgan fingerprint density at radius 3 is 2.97 bits per heavy atom. The lowest BCUT2D eigenvalue weighted by molar-refractivity contribution is -0.113. The van der Waals surface area contributed by atoms with Crippen molar-refractivity contribution in [1.29, 1.82) is 0 Å². The fourth-order valence-electron chi connectivity index (χ4n) is 3.18. The topological polar surface area (TPSA) is 86.1 Å². The van der Waals surface area contributed by atoms with Gasteiger partial charge in [0, 0.05) is 12.8 Å². The van der Waals surface area contributed by atoms with Crippen molar-refractivity contribution in [3.8, 4) is 0 Å². The first-order valence-corrected chi connectivity index (χ1v) is 10.2. The second-order valence-electron chi connectivity index (χ2n) is 6.64. The number of hydrogen-bond acceptors (Lipinski definition) is 6. The maximum absolute atomic E-state index is 13.7. The number of benzene rings is 1. The Morgan fingerprint density at radius 2 is 2.17 bits per heavy atom. The number of nitrogens with one attached hydrogen (secondary N) is 1. The minimum Gasteiger partial charge on any atom is -0.376 e. The van der Waals surface area contributed by atoms with Gasteiger partial charge in [-0.3, -0.25) is 14.2 Å². The number of aromatic nitrogens is 3. The summed E-state index contributed by atoms with van der Waals surface area (Å²) in [6.45, 7) is 1.05. The third kappa shape index (κ3) is 4.46. The molecule has 1 N–H and O–H groups in total. The van der Waals surface area contributed by atoms with Gasteiger partial charge in [-0.1, -0.05) is 23.9 Å². The molecule has 1 aliphatic heterocycles. The summed E-state index contributed by atoms with van der Waals surface area (Å²) in [5.74, 6) is -0.918.